The molecule has 0 N–H and O–H groups in total. The van der Waals surface area contributed by atoms with Crippen LogP contribution < -0.4 is 0 Å². The zero-order chi connectivity index (χ0) is 6.69. The summed E-state index contributed by atoms with van der Waals surface area (Å²) >= 11 is 0. The lowest BCUT2D eigenvalue weighted by molar-refractivity contribution is -0.147. The minimum Gasteiger partial charge on any atom is -0.467 e. The minimum atomic E-state index is -0.505. The molecule has 0 radical (unpaired) electrons. The molecule has 1 atom stereocenters. The summed E-state index contributed by atoms with van der Waals surface area (Å²) in [5, 5.41) is 0. The number of carbonyl (C=O) groups excluding carboxylic acids is 1. The van der Waals surface area contributed by atoms with Gasteiger partial charge in [-0.15, -0.1) is 0 Å². The Hall–Kier alpha value is -1.06. The number of aliphatic imine (C=N–C) groups is 1. The fourth-order valence-corrected chi connectivity index (χ4v) is 0.560. The molecule has 50 valence electrons. The molecule has 0 spiro atoms. The van der Waals surface area contributed by atoms with Crippen molar-refractivity contribution in [2.75, 3.05) is 13.7 Å². The van der Waals surface area contributed by atoms with Crippen LogP contribution in [0.1, 0.15) is 0 Å². The van der Waals surface area contributed by atoms with E-state index in [2.05, 4.69) is 9.73 Å². The first-order valence-electron chi connectivity index (χ1n) is 2.56. The van der Waals surface area contributed by atoms with Crippen molar-refractivity contribution in [1.29, 1.82) is 0 Å². The largest absolute Gasteiger partial charge is 0.467 e. The van der Waals surface area contributed by atoms with Gasteiger partial charge < -0.3 is 9.47 Å². The van der Waals surface area contributed by atoms with Gasteiger partial charge >= 0.3 is 5.97 Å². The molecule has 0 aliphatic carbocycles. The average molecular weight is 129 g/mol. The highest BCUT2D eigenvalue weighted by molar-refractivity contribution is 5.77. The van der Waals surface area contributed by atoms with Gasteiger partial charge in [-0.05, 0) is 0 Å². The summed E-state index contributed by atoms with van der Waals surface area (Å²) in [6.45, 7) is 0.382. The Labute approximate surface area is 52.5 Å². The SMILES string of the molecule is COC(=O)C1CN=CO1. The predicted molar refractivity (Wildman–Crippen MR) is 30.2 cm³/mol. The van der Waals surface area contributed by atoms with Crippen LogP contribution in [0.2, 0.25) is 0 Å². The van der Waals surface area contributed by atoms with Crippen molar-refractivity contribution in [3.05, 3.63) is 0 Å². The van der Waals surface area contributed by atoms with E-state index in [1.165, 1.54) is 13.5 Å². The van der Waals surface area contributed by atoms with Gasteiger partial charge in [-0.2, -0.15) is 0 Å². The third-order valence-electron chi connectivity index (χ3n) is 1.03. The van der Waals surface area contributed by atoms with Crippen molar-refractivity contribution >= 4 is 12.4 Å². The van der Waals surface area contributed by atoms with Crippen molar-refractivity contribution in [2.45, 2.75) is 6.10 Å². The zero-order valence-electron chi connectivity index (χ0n) is 5.03. The van der Waals surface area contributed by atoms with Crippen LogP contribution in [-0.2, 0) is 14.3 Å². The van der Waals surface area contributed by atoms with Crippen LogP contribution in [0.25, 0.3) is 0 Å². The molecule has 0 aromatic heterocycles. The topological polar surface area (TPSA) is 47.9 Å². The van der Waals surface area contributed by atoms with E-state index in [1.54, 1.807) is 0 Å². The number of esters is 1. The first-order valence-corrected chi connectivity index (χ1v) is 2.56. The quantitative estimate of drug-likeness (QED) is 0.452. The number of rotatable bonds is 1. The Morgan fingerprint density at radius 3 is 3.22 bits per heavy atom. The van der Waals surface area contributed by atoms with Gasteiger partial charge in [0.1, 0.15) is 0 Å². The van der Waals surface area contributed by atoms with Crippen molar-refractivity contribution in [3.63, 3.8) is 0 Å². The first-order chi connectivity index (χ1) is 4.34. The monoisotopic (exact) mass is 129 g/mol. The van der Waals surface area contributed by atoms with Gasteiger partial charge in [0.25, 0.3) is 0 Å². The number of hydrogen-bond donors (Lipinski definition) is 0. The molecule has 1 heterocycles. The lowest BCUT2D eigenvalue weighted by Gasteiger charge is -2.03. The molecule has 9 heavy (non-hydrogen) atoms. The van der Waals surface area contributed by atoms with Crippen LogP contribution in [0.15, 0.2) is 4.99 Å². The molecule has 0 aromatic carbocycles. The van der Waals surface area contributed by atoms with Crippen LogP contribution in [0.4, 0.5) is 0 Å². The molecule has 0 saturated carbocycles. The number of ether oxygens (including phenoxy) is 2. The minimum absolute atomic E-state index is 0.368. The first kappa shape index (κ1) is 6.07. The van der Waals surface area contributed by atoms with Gasteiger partial charge in [0.15, 0.2) is 6.40 Å². The average Bonchev–Trinajstić information content (AvgIpc) is 2.37. The maximum atomic E-state index is 10.6. The fraction of sp³-hybridized carbons (Fsp3) is 0.600. The van der Waals surface area contributed by atoms with E-state index < -0.39 is 6.10 Å². The van der Waals surface area contributed by atoms with E-state index >= 15 is 0 Å². The molecule has 0 amide bonds. The second-order valence-electron chi connectivity index (χ2n) is 1.62. The summed E-state index contributed by atoms with van der Waals surface area (Å²) in [7, 11) is 1.32. The van der Waals surface area contributed by atoms with Crippen molar-refractivity contribution in [3.8, 4) is 0 Å². The Kier molecular flexibility index (Phi) is 1.67. The molecule has 0 fully saturated rings. The molecule has 4 heteroatoms. The lowest BCUT2D eigenvalue weighted by atomic mass is 10.4. The van der Waals surface area contributed by atoms with E-state index in [0.29, 0.717) is 6.54 Å². The van der Waals surface area contributed by atoms with E-state index in [-0.39, 0.29) is 5.97 Å². The summed E-state index contributed by atoms with van der Waals surface area (Å²) < 4.78 is 9.13. The summed E-state index contributed by atoms with van der Waals surface area (Å²) in [4.78, 5) is 14.3. The van der Waals surface area contributed by atoms with Crippen molar-refractivity contribution in [2.24, 2.45) is 4.99 Å². The molecule has 0 aromatic rings. The Morgan fingerprint density at radius 2 is 2.78 bits per heavy atom. The number of nitrogens with zero attached hydrogens (tertiary/aromatic N) is 1. The predicted octanol–water partition coefficient (Wildman–Crippen LogP) is -0.414. The Morgan fingerprint density at radius 1 is 2.00 bits per heavy atom. The van der Waals surface area contributed by atoms with E-state index in [0.717, 1.165) is 0 Å². The van der Waals surface area contributed by atoms with Gasteiger partial charge in [-0.3, -0.25) is 4.99 Å². The van der Waals surface area contributed by atoms with Gasteiger partial charge in [-0.25, -0.2) is 4.79 Å². The van der Waals surface area contributed by atoms with Gasteiger partial charge in [0.05, 0.1) is 13.7 Å². The molecule has 4 nitrogen and oxygen atoms in total. The Bertz CT molecular complexity index is 135. The third-order valence-corrected chi connectivity index (χ3v) is 1.03. The summed E-state index contributed by atoms with van der Waals surface area (Å²) in [6.07, 6.45) is 0.761. The van der Waals surface area contributed by atoms with Crippen LogP contribution in [0, 0.1) is 0 Å². The second-order valence-corrected chi connectivity index (χ2v) is 1.62. The summed E-state index contributed by atoms with van der Waals surface area (Å²) in [6, 6.07) is 0. The van der Waals surface area contributed by atoms with E-state index in [4.69, 9.17) is 4.74 Å². The van der Waals surface area contributed by atoms with Crippen LogP contribution in [-0.4, -0.2) is 32.1 Å². The van der Waals surface area contributed by atoms with E-state index in [1.807, 2.05) is 0 Å². The van der Waals surface area contributed by atoms with E-state index in [9.17, 15) is 4.79 Å². The summed E-state index contributed by atoms with van der Waals surface area (Å²) in [5.74, 6) is -0.368. The third kappa shape index (κ3) is 1.19. The number of carbonyl (C=O) groups is 1. The zero-order valence-corrected chi connectivity index (χ0v) is 5.03. The highest BCUT2D eigenvalue weighted by atomic mass is 16.6. The Balaban J connectivity index is 2.36. The smallest absolute Gasteiger partial charge is 0.349 e. The maximum Gasteiger partial charge on any atom is 0.349 e. The lowest BCUT2D eigenvalue weighted by Crippen LogP contribution is -2.24. The molecule has 1 aliphatic rings. The van der Waals surface area contributed by atoms with Crippen molar-refractivity contribution in [1.82, 2.24) is 0 Å². The second kappa shape index (κ2) is 2.48. The molecule has 0 bridgehead atoms. The van der Waals surface area contributed by atoms with Crippen LogP contribution >= 0.6 is 0 Å². The van der Waals surface area contributed by atoms with Crippen LogP contribution in [0.5, 0.6) is 0 Å². The highest BCUT2D eigenvalue weighted by Crippen LogP contribution is 1.99. The van der Waals surface area contributed by atoms with Gasteiger partial charge in [0.2, 0.25) is 6.10 Å². The fourth-order valence-electron chi connectivity index (χ4n) is 0.560. The molecular formula is C5H7NO3. The number of hydrogen-bond acceptors (Lipinski definition) is 4. The molecule has 1 aliphatic heterocycles. The summed E-state index contributed by atoms with van der Waals surface area (Å²) in [5.41, 5.74) is 0. The molecule has 1 unspecified atom stereocenters. The number of methoxy groups -OCH3 is 1. The normalized spacial score (nSPS) is 23.4. The maximum absolute atomic E-state index is 10.6. The van der Waals surface area contributed by atoms with Gasteiger partial charge in [0, 0.05) is 0 Å². The molecule has 0 saturated heterocycles. The molecular weight excluding hydrogens is 122 g/mol. The van der Waals surface area contributed by atoms with Crippen LogP contribution in [0.3, 0.4) is 0 Å². The highest BCUT2D eigenvalue weighted by Gasteiger charge is 2.21. The van der Waals surface area contributed by atoms with Gasteiger partial charge in [-0.1, -0.05) is 0 Å². The van der Waals surface area contributed by atoms with Crippen molar-refractivity contribution < 1.29 is 14.3 Å². The molecule has 1 rings (SSSR count). The standard InChI is InChI=1S/C5H7NO3/c1-8-5(7)4-2-6-3-9-4/h3-4H,2H2,1H3.